The number of rotatable bonds is 5. The van der Waals surface area contributed by atoms with Gasteiger partial charge in [0.2, 0.25) is 11.8 Å². The maximum atomic E-state index is 13.2. The van der Waals surface area contributed by atoms with E-state index in [1.165, 1.54) is 12.5 Å². The van der Waals surface area contributed by atoms with Crippen LogP contribution in [0, 0.1) is 11.8 Å². The minimum atomic E-state index is -0.382. The topological polar surface area (TPSA) is 75.4 Å². The molecule has 1 aromatic carbocycles. The number of nitrogens with zero attached hydrogens (tertiary/aromatic N) is 1. The average molecular weight is 343 g/mol. The monoisotopic (exact) mass is 343 g/mol. The third kappa shape index (κ3) is 4.03. The van der Waals surface area contributed by atoms with Gasteiger partial charge in [0.15, 0.2) is 0 Å². The van der Waals surface area contributed by atoms with Gasteiger partial charge in [0.05, 0.1) is 0 Å². The highest BCUT2D eigenvalue weighted by atomic mass is 16.2. The highest BCUT2D eigenvalue weighted by molar-refractivity contribution is 5.87. The van der Waals surface area contributed by atoms with E-state index in [0.717, 1.165) is 25.7 Å². The van der Waals surface area contributed by atoms with Gasteiger partial charge in [-0.15, -0.1) is 0 Å². The fourth-order valence-corrected chi connectivity index (χ4v) is 4.46. The normalized spacial score (nSPS) is 25.1. The van der Waals surface area contributed by atoms with Gasteiger partial charge in [0, 0.05) is 25.9 Å². The molecule has 0 bridgehead atoms. The first kappa shape index (κ1) is 17.9. The number of carbonyl (C=O) groups is 2. The van der Waals surface area contributed by atoms with E-state index in [4.69, 9.17) is 5.73 Å². The molecular formula is C20H29N3O2. The minimum absolute atomic E-state index is 0.0685. The van der Waals surface area contributed by atoms with Crippen LogP contribution in [0.5, 0.6) is 0 Å². The number of amides is 2. The summed E-state index contributed by atoms with van der Waals surface area (Å²) in [4.78, 5) is 26.7. The summed E-state index contributed by atoms with van der Waals surface area (Å²) in [6, 6.07) is 9.92. The van der Waals surface area contributed by atoms with E-state index < -0.39 is 0 Å². The standard InChI is InChI=1S/C20H29N3O2/c1-14(24)22-19(16-9-5-6-10-16)20(25)23-12-17(11-21)18(13-23)15-7-3-2-4-8-15/h2-4,7-8,16-19H,5-6,9-13,21H2,1H3,(H,22,24)/t17-,18+,19?/m1/s1. The van der Waals surface area contributed by atoms with Crippen molar-refractivity contribution in [1.82, 2.24) is 10.2 Å². The number of nitrogens with two attached hydrogens (primary N) is 1. The molecule has 2 amide bonds. The predicted octanol–water partition coefficient (Wildman–Crippen LogP) is 1.88. The zero-order valence-electron chi connectivity index (χ0n) is 15.0. The lowest BCUT2D eigenvalue weighted by Crippen LogP contribution is -2.51. The molecule has 5 nitrogen and oxygen atoms in total. The Labute approximate surface area is 150 Å². The van der Waals surface area contributed by atoms with Crippen LogP contribution in [-0.2, 0) is 9.59 Å². The first-order chi connectivity index (χ1) is 12.1. The molecule has 3 rings (SSSR count). The van der Waals surface area contributed by atoms with E-state index in [2.05, 4.69) is 17.4 Å². The molecule has 1 saturated carbocycles. The Morgan fingerprint density at radius 1 is 1.20 bits per heavy atom. The summed E-state index contributed by atoms with van der Waals surface area (Å²) in [5.74, 6) is 0.756. The van der Waals surface area contributed by atoms with Crippen molar-refractivity contribution in [2.75, 3.05) is 19.6 Å². The summed E-state index contributed by atoms with van der Waals surface area (Å²) in [5.41, 5.74) is 7.24. The van der Waals surface area contributed by atoms with E-state index in [1.807, 2.05) is 23.1 Å². The van der Waals surface area contributed by atoms with Crippen LogP contribution in [0.25, 0.3) is 0 Å². The van der Waals surface area contributed by atoms with Gasteiger partial charge in [0.1, 0.15) is 6.04 Å². The van der Waals surface area contributed by atoms with Crippen molar-refractivity contribution >= 4 is 11.8 Å². The van der Waals surface area contributed by atoms with Crippen LogP contribution in [0.4, 0.5) is 0 Å². The van der Waals surface area contributed by atoms with Crippen LogP contribution in [-0.4, -0.2) is 42.4 Å². The fraction of sp³-hybridized carbons (Fsp3) is 0.600. The number of likely N-dealkylation sites (tertiary alicyclic amines) is 1. The molecule has 2 fully saturated rings. The molecule has 2 aliphatic rings. The number of benzene rings is 1. The Kier molecular flexibility index (Phi) is 5.74. The lowest BCUT2D eigenvalue weighted by molar-refractivity contribution is -0.136. The Hall–Kier alpha value is -1.88. The molecule has 0 aromatic heterocycles. The van der Waals surface area contributed by atoms with Crippen molar-refractivity contribution in [2.24, 2.45) is 17.6 Å². The maximum Gasteiger partial charge on any atom is 0.245 e. The molecule has 25 heavy (non-hydrogen) atoms. The summed E-state index contributed by atoms with van der Waals surface area (Å²) in [5, 5.41) is 2.92. The van der Waals surface area contributed by atoms with Crippen LogP contribution < -0.4 is 11.1 Å². The largest absolute Gasteiger partial charge is 0.344 e. The molecule has 1 saturated heterocycles. The molecule has 1 aromatic rings. The van der Waals surface area contributed by atoms with Gasteiger partial charge in [0.25, 0.3) is 0 Å². The molecule has 5 heteroatoms. The average Bonchev–Trinajstić information content (AvgIpc) is 3.29. The third-order valence-electron chi connectivity index (χ3n) is 5.78. The van der Waals surface area contributed by atoms with Crippen molar-refractivity contribution in [1.29, 1.82) is 0 Å². The summed E-state index contributed by atoms with van der Waals surface area (Å²) < 4.78 is 0. The molecule has 3 atom stereocenters. The Bertz CT molecular complexity index is 598. The van der Waals surface area contributed by atoms with E-state index in [-0.39, 0.29) is 35.6 Å². The lowest BCUT2D eigenvalue weighted by Gasteiger charge is -2.28. The zero-order chi connectivity index (χ0) is 17.8. The first-order valence-corrected chi connectivity index (χ1v) is 9.41. The van der Waals surface area contributed by atoms with Gasteiger partial charge in [-0.3, -0.25) is 9.59 Å². The number of hydrogen-bond donors (Lipinski definition) is 2. The van der Waals surface area contributed by atoms with Crippen molar-refractivity contribution in [3.8, 4) is 0 Å². The molecule has 0 radical (unpaired) electrons. The zero-order valence-corrected chi connectivity index (χ0v) is 15.0. The summed E-state index contributed by atoms with van der Waals surface area (Å²) in [6.45, 7) is 3.43. The van der Waals surface area contributed by atoms with Crippen LogP contribution in [0.1, 0.15) is 44.1 Å². The summed E-state index contributed by atoms with van der Waals surface area (Å²) in [6.07, 6.45) is 4.33. The van der Waals surface area contributed by atoms with Crippen LogP contribution >= 0.6 is 0 Å². The Morgan fingerprint density at radius 2 is 1.88 bits per heavy atom. The molecule has 3 N–H and O–H groups in total. The van der Waals surface area contributed by atoms with E-state index in [0.29, 0.717) is 19.6 Å². The van der Waals surface area contributed by atoms with Gasteiger partial charge < -0.3 is 16.0 Å². The second kappa shape index (κ2) is 8.00. The minimum Gasteiger partial charge on any atom is -0.344 e. The highest BCUT2D eigenvalue weighted by Gasteiger charge is 2.40. The molecule has 136 valence electrons. The molecule has 1 unspecified atom stereocenters. The second-order valence-corrected chi connectivity index (χ2v) is 7.48. The van der Waals surface area contributed by atoms with E-state index >= 15 is 0 Å². The number of hydrogen-bond acceptors (Lipinski definition) is 3. The third-order valence-corrected chi connectivity index (χ3v) is 5.78. The first-order valence-electron chi connectivity index (χ1n) is 9.41. The van der Waals surface area contributed by atoms with Gasteiger partial charge in [-0.2, -0.15) is 0 Å². The predicted molar refractivity (Wildman–Crippen MR) is 97.9 cm³/mol. The summed E-state index contributed by atoms with van der Waals surface area (Å²) in [7, 11) is 0. The molecular weight excluding hydrogens is 314 g/mol. The number of nitrogens with one attached hydrogen (secondary N) is 1. The molecule has 0 spiro atoms. The Morgan fingerprint density at radius 3 is 2.48 bits per heavy atom. The Balaban J connectivity index is 1.75. The fourth-order valence-electron chi connectivity index (χ4n) is 4.46. The maximum absolute atomic E-state index is 13.2. The van der Waals surface area contributed by atoms with Gasteiger partial charge in [-0.25, -0.2) is 0 Å². The smallest absolute Gasteiger partial charge is 0.245 e. The number of carbonyl (C=O) groups excluding carboxylic acids is 2. The molecule has 1 heterocycles. The quantitative estimate of drug-likeness (QED) is 0.857. The SMILES string of the molecule is CC(=O)NC(C(=O)N1C[C@@H](CN)[C@H](c2ccccc2)C1)C1CCCC1. The highest BCUT2D eigenvalue weighted by Crippen LogP contribution is 2.34. The lowest BCUT2D eigenvalue weighted by atomic mass is 9.89. The molecule has 1 aliphatic heterocycles. The van der Waals surface area contributed by atoms with Crippen molar-refractivity contribution < 1.29 is 9.59 Å². The van der Waals surface area contributed by atoms with Gasteiger partial charge in [-0.05, 0) is 36.8 Å². The van der Waals surface area contributed by atoms with Gasteiger partial charge in [-0.1, -0.05) is 43.2 Å². The van der Waals surface area contributed by atoms with Crippen LogP contribution in [0.3, 0.4) is 0 Å². The van der Waals surface area contributed by atoms with E-state index in [9.17, 15) is 9.59 Å². The van der Waals surface area contributed by atoms with E-state index in [1.54, 1.807) is 0 Å². The summed E-state index contributed by atoms with van der Waals surface area (Å²) >= 11 is 0. The second-order valence-electron chi connectivity index (χ2n) is 7.48. The van der Waals surface area contributed by atoms with Crippen molar-refractivity contribution in [3.05, 3.63) is 35.9 Å². The van der Waals surface area contributed by atoms with Crippen LogP contribution in [0.2, 0.25) is 0 Å². The van der Waals surface area contributed by atoms with Gasteiger partial charge >= 0.3 is 0 Å². The van der Waals surface area contributed by atoms with Crippen molar-refractivity contribution in [2.45, 2.75) is 44.6 Å². The molecule has 1 aliphatic carbocycles. The van der Waals surface area contributed by atoms with Crippen LogP contribution in [0.15, 0.2) is 30.3 Å². The van der Waals surface area contributed by atoms with Crippen molar-refractivity contribution in [3.63, 3.8) is 0 Å².